The van der Waals surface area contributed by atoms with Crippen LogP contribution in [0.2, 0.25) is 0 Å². The van der Waals surface area contributed by atoms with Crippen molar-refractivity contribution >= 4 is 11.7 Å². The Morgan fingerprint density at radius 3 is 2.96 bits per heavy atom. The first-order valence-corrected chi connectivity index (χ1v) is 8.18. The summed E-state index contributed by atoms with van der Waals surface area (Å²) < 4.78 is 9.07. The standard InChI is InChI=1S/C16H21N5O2/c1-20-9-13(15(19-20)11-6-8-23-10-11)16(22)18-14-5-7-17-21(14)12-3-2-4-12/h5,7,9,11-12H,2-4,6,8,10H2,1H3,(H,18,22). The number of carbonyl (C=O) groups is 1. The van der Waals surface area contributed by atoms with Crippen LogP contribution >= 0.6 is 0 Å². The number of nitrogens with one attached hydrogen (secondary N) is 1. The zero-order chi connectivity index (χ0) is 15.8. The number of rotatable bonds is 4. The van der Waals surface area contributed by atoms with Crippen molar-refractivity contribution in [3.05, 3.63) is 29.7 Å². The largest absolute Gasteiger partial charge is 0.381 e. The van der Waals surface area contributed by atoms with Crippen LogP contribution in [0.3, 0.4) is 0 Å². The molecule has 7 nitrogen and oxygen atoms in total. The summed E-state index contributed by atoms with van der Waals surface area (Å²) >= 11 is 0. The summed E-state index contributed by atoms with van der Waals surface area (Å²) in [6, 6.07) is 2.27. The number of aromatic nitrogens is 4. The molecule has 2 aliphatic rings. The van der Waals surface area contributed by atoms with E-state index in [4.69, 9.17) is 4.74 Å². The van der Waals surface area contributed by atoms with Gasteiger partial charge < -0.3 is 10.1 Å². The molecule has 1 aliphatic heterocycles. The zero-order valence-electron chi connectivity index (χ0n) is 13.2. The van der Waals surface area contributed by atoms with E-state index >= 15 is 0 Å². The van der Waals surface area contributed by atoms with E-state index in [1.54, 1.807) is 17.1 Å². The number of hydrogen-bond donors (Lipinski definition) is 1. The van der Waals surface area contributed by atoms with E-state index in [2.05, 4.69) is 15.5 Å². The van der Waals surface area contributed by atoms with Crippen LogP contribution in [-0.2, 0) is 11.8 Å². The van der Waals surface area contributed by atoms with Gasteiger partial charge in [-0.25, -0.2) is 4.68 Å². The molecule has 1 saturated heterocycles. The Hall–Kier alpha value is -2.15. The highest BCUT2D eigenvalue weighted by Gasteiger charge is 2.28. The van der Waals surface area contributed by atoms with E-state index in [0.717, 1.165) is 37.4 Å². The van der Waals surface area contributed by atoms with E-state index in [1.165, 1.54) is 6.42 Å². The van der Waals surface area contributed by atoms with Crippen molar-refractivity contribution in [3.8, 4) is 0 Å². The Morgan fingerprint density at radius 1 is 1.39 bits per heavy atom. The minimum atomic E-state index is -0.124. The van der Waals surface area contributed by atoms with Gasteiger partial charge in [-0.2, -0.15) is 10.2 Å². The average Bonchev–Trinajstić information content (AvgIpc) is 3.17. The molecule has 0 radical (unpaired) electrons. The predicted octanol–water partition coefficient (Wildman–Crippen LogP) is 2.10. The smallest absolute Gasteiger partial charge is 0.260 e. The van der Waals surface area contributed by atoms with Gasteiger partial charge in [-0.05, 0) is 25.7 Å². The molecule has 2 fully saturated rings. The Morgan fingerprint density at radius 2 is 2.26 bits per heavy atom. The van der Waals surface area contributed by atoms with Crippen molar-refractivity contribution in [2.24, 2.45) is 7.05 Å². The van der Waals surface area contributed by atoms with Gasteiger partial charge in [0.1, 0.15) is 5.82 Å². The average molecular weight is 315 g/mol. The molecule has 2 aromatic rings. The first-order chi connectivity index (χ1) is 11.2. The number of amides is 1. The number of nitrogens with zero attached hydrogens (tertiary/aromatic N) is 4. The lowest BCUT2D eigenvalue weighted by Gasteiger charge is -2.27. The summed E-state index contributed by atoms with van der Waals surface area (Å²) in [6.07, 6.45) is 7.92. The fourth-order valence-electron chi connectivity index (χ4n) is 3.25. The minimum absolute atomic E-state index is 0.124. The van der Waals surface area contributed by atoms with Gasteiger partial charge >= 0.3 is 0 Å². The molecule has 2 aromatic heterocycles. The molecule has 0 bridgehead atoms. The summed E-state index contributed by atoms with van der Waals surface area (Å²) in [4.78, 5) is 12.7. The molecule has 1 atom stereocenters. The molecule has 1 aliphatic carbocycles. The Labute approximate surface area is 134 Å². The van der Waals surface area contributed by atoms with Crippen molar-refractivity contribution in [2.75, 3.05) is 18.5 Å². The predicted molar refractivity (Wildman–Crippen MR) is 84.5 cm³/mol. The molecule has 1 N–H and O–H groups in total. The summed E-state index contributed by atoms with van der Waals surface area (Å²) in [7, 11) is 1.84. The lowest BCUT2D eigenvalue weighted by molar-refractivity contribution is 0.102. The maximum atomic E-state index is 12.7. The van der Waals surface area contributed by atoms with Crippen molar-refractivity contribution in [2.45, 2.75) is 37.6 Å². The van der Waals surface area contributed by atoms with Gasteiger partial charge in [0.15, 0.2) is 0 Å². The Balaban J connectivity index is 1.56. The third-order valence-corrected chi connectivity index (χ3v) is 4.75. The molecule has 0 aromatic carbocycles. The minimum Gasteiger partial charge on any atom is -0.381 e. The first-order valence-electron chi connectivity index (χ1n) is 8.18. The lowest BCUT2D eigenvalue weighted by atomic mass is 9.93. The number of ether oxygens (including phenoxy) is 1. The third-order valence-electron chi connectivity index (χ3n) is 4.75. The molecule has 4 rings (SSSR count). The van der Waals surface area contributed by atoms with E-state index in [9.17, 15) is 4.79 Å². The van der Waals surface area contributed by atoms with Gasteiger partial charge in [0, 0.05) is 31.8 Å². The number of carbonyl (C=O) groups excluding carboxylic acids is 1. The number of aryl methyl sites for hydroxylation is 1. The number of anilines is 1. The second kappa shape index (κ2) is 5.81. The van der Waals surface area contributed by atoms with Crippen LogP contribution in [0.4, 0.5) is 5.82 Å². The van der Waals surface area contributed by atoms with Crippen LogP contribution in [0.25, 0.3) is 0 Å². The van der Waals surface area contributed by atoms with Gasteiger partial charge in [-0.1, -0.05) is 0 Å². The molecule has 0 spiro atoms. The summed E-state index contributed by atoms with van der Waals surface area (Å²) in [5.41, 5.74) is 1.46. The highest BCUT2D eigenvalue weighted by molar-refractivity contribution is 6.04. The van der Waals surface area contributed by atoms with Gasteiger partial charge in [0.05, 0.1) is 30.1 Å². The molecular formula is C16H21N5O2. The van der Waals surface area contributed by atoms with E-state index in [1.807, 2.05) is 17.8 Å². The third kappa shape index (κ3) is 2.65. The lowest BCUT2D eigenvalue weighted by Crippen LogP contribution is -2.23. The molecule has 1 amide bonds. The van der Waals surface area contributed by atoms with E-state index in [-0.39, 0.29) is 11.8 Å². The maximum absolute atomic E-state index is 12.7. The van der Waals surface area contributed by atoms with Gasteiger partial charge in [-0.3, -0.25) is 9.48 Å². The molecule has 23 heavy (non-hydrogen) atoms. The van der Waals surface area contributed by atoms with Crippen molar-refractivity contribution in [1.82, 2.24) is 19.6 Å². The van der Waals surface area contributed by atoms with Crippen LogP contribution < -0.4 is 5.32 Å². The van der Waals surface area contributed by atoms with Crippen LogP contribution in [0.5, 0.6) is 0 Å². The quantitative estimate of drug-likeness (QED) is 0.937. The molecule has 122 valence electrons. The highest BCUT2D eigenvalue weighted by atomic mass is 16.5. The van der Waals surface area contributed by atoms with Crippen molar-refractivity contribution in [3.63, 3.8) is 0 Å². The van der Waals surface area contributed by atoms with E-state index < -0.39 is 0 Å². The second-order valence-corrected chi connectivity index (χ2v) is 6.36. The fraction of sp³-hybridized carbons (Fsp3) is 0.562. The molecular weight excluding hydrogens is 294 g/mol. The first kappa shape index (κ1) is 14.4. The van der Waals surface area contributed by atoms with E-state index in [0.29, 0.717) is 18.2 Å². The second-order valence-electron chi connectivity index (χ2n) is 6.36. The molecule has 3 heterocycles. The Bertz CT molecular complexity index is 710. The van der Waals surface area contributed by atoms with Crippen LogP contribution in [0.15, 0.2) is 18.5 Å². The number of hydrogen-bond acceptors (Lipinski definition) is 4. The SMILES string of the molecule is Cn1cc(C(=O)Nc2ccnn2C2CCC2)c(C2CCOC2)n1. The van der Waals surface area contributed by atoms with Crippen LogP contribution in [0.1, 0.15) is 53.7 Å². The molecule has 1 unspecified atom stereocenters. The van der Waals surface area contributed by atoms with Gasteiger partial charge in [0.2, 0.25) is 0 Å². The topological polar surface area (TPSA) is 74.0 Å². The van der Waals surface area contributed by atoms with Crippen LogP contribution in [0, 0.1) is 0 Å². The normalized spacial score (nSPS) is 21.3. The van der Waals surface area contributed by atoms with Crippen molar-refractivity contribution in [1.29, 1.82) is 0 Å². The summed E-state index contributed by atoms with van der Waals surface area (Å²) in [6.45, 7) is 1.37. The monoisotopic (exact) mass is 315 g/mol. The fourth-order valence-corrected chi connectivity index (χ4v) is 3.25. The summed E-state index contributed by atoms with van der Waals surface area (Å²) in [5.74, 6) is 0.840. The highest BCUT2D eigenvalue weighted by Crippen LogP contribution is 2.33. The van der Waals surface area contributed by atoms with Crippen LogP contribution in [-0.4, -0.2) is 38.7 Å². The molecule has 1 saturated carbocycles. The van der Waals surface area contributed by atoms with Crippen molar-refractivity contribution < 1.29 is 9.53 Å². The maximum Gasteiger partial charge on any atom is 0.260 e. The Kier molecular flexibility index (Phi) is 3.65. The molecule has 7 heteroatoms. The van der Waals surface area contributed by atoms with Gasteiger partial charge in [0.25, 0.3) is 5.91 Å². The summed E-state index contributed by atoms with van der Waals surface area (Å²) in [5, 5.41) is 11.8. The zero-order valence-corrected chi connectivity index (χ0v) is 13.2. The van der Waals surface area contributed by atoms with Gasteiger partial charge in [-0.15, -0.1) is 0 Å².